The van der Waals surface area contributed by atoms with Crippen molar-refractivity contribution in [3.63, 3.8) is 0 Å². The van der Waals surface area contributed by atoms with E-state index in [9.17, 15) is 4.79 Å². The second-order valence-corrected chi connectivity index (χ2v) is 6.10. The Morgan fingerprint density at radius 2 is 2.30 bits per heavy atom. The number of likely N-dealkylation sites (tertiary alicyclic amines) is 1. The molecule has 1 aromatic heterocycles. The van der Waals surface area contributed by atoms with Crippen molar-refractivity contribution in [2.24, 2.45) is 5.41 Å². The first-order chi connectivity index (χ1) is 9.73. The number of carbonyl (C=O) groups is 1. The maximum Gasteiger partial charge on any atom is 0.244 e. The maximum atomic E-state index is 12.4. The lowest BCUT2D eigenvalue weighted by Gasteiger charge is -2.43. The number of carbonyl (C=O) groups excluding carboxylic acids is 1. The fraction of sp³-hybridized carbons (Fsp3) is 0.733. The molecule has 2 atom stereocenters. The first-order valence-electron chi connectivity index (χ1n) is 7.51. The SMILES string of the molecule is CO[C@@H]1CCC[C@@]12CCCN(C(=O)Cn1cccn1)C2. The standard InChI is InChI=1S/C15H23N3O2/c1-20-13-5-2-6-15(13)7-3-9-17(12-15)14(19)11-18-10-4-8-16-18/h4,8,10,13H,2-3,5-7,9,11-12H2,1H3/t13-,15+/m1/s1. The highest BCUT2D eigenvalue weighted by Gasteiger charge is 2.46. The van der Waals surface area contributed by atoms with Crippen molar-refractivity contribution in [3.8, 4) is 0 Å². The van der Waals surface area contributed by atoms with Crippen LogP contribution in [0.3, 0.4) is 0 Å². The van der Waals surface area contributed by atoms with Crippen molar-refractivity contribution in [2.75, 3.05) is 20.2 Å². The van der Waals surface area contributed by atoms with Gasteiger partial charge < -0.3 is 9.64 Å². The molecule has 0 bridgehead atoms. The Labute approximate surface area is 119 Å². The molecule has 1 aliphatic carbocycles. The van der Waals surface area contributed by atoms with Crippen LogP contribution in [0.15, 0.2) is 18.5 Å². The van der Waals surface area contributed by atoms with Crippen molar-refractivity contribution in [3.05, 3.63) is 18.5 Å². The van der Waals surface area contributed by atoms with E-state index in [4.69, 9.17) is 4.74 Å². The molecule has 1 amide bonds. The van der Waals surface area contributed by atoms with E-state index in [1.165, 1.54) is 19.3 Å². The third-order valence-electron chi connectivity index (χ3n) is 4.93. The second kappa shape index (κ2) is 5.56. The van der Waals surface area contributed by atoms with Gasteiger partial charge in [-0.15, -0.1) is 0 Å². The minimum atomic E-state index is 0.175. The van der Waals surface area contributed by atoms with Crippen LogP contribution in [0.4, 0.5) is 0 Å². The highest BCUT2D eigenvalue weighted by molar-refractivity contribution is 5.76. The number of amides is 1. The molecule has 1 spiro atoms. The molecule has 1 aliphatic heterocycles. The third-order valence-corrected chi connectivity index (χ3v) is 4.93. The summed E-state index contributed by atoms with van der Waals surface area (Å²) in [6.45, 7) is 2.07. The summed E-state index contributed by atoms with van der Waals surface area (Å²) in [6, 6.07) is 1.85. The molecular formula is C15H23N3O2. The molecule has 2 aliphatic rings. The minimum Gasteiger partial charge on any atom is -0.381 e. The van der Waals surface area contributed by atoms with Gasteiger partial charge in [0, 0.05) is 38.0 Å². The van der Waals surface area contributed by atoms with E-state index in [0.717, 1.165) is 25.9 Å². The van der Waals surface area contributed by atoms with Crippen molar-refractivity contribution in [1.29, 1.82) is 0 Å². The number of methoxy groups -OCH3 is 1. The summed E-state index contributed by atoms with van der Waals surface area (Å²) in [6.07, 6.45) is 9.70. The zero-order valence-electron chi connectivity index (χ0n) is 12.1. The minimum absolute atomic E-state index is 0.175. The largest absolute Gasteiger partial charge is 0.381 e. The van der Waals surface area contributed by atoms with Crippen LogP contribution in [-0.2, 0) is 16.1 Å². The highest BCUT2D eigenvalue weighted by Crippen LogP contribution is 2.46. The van der Waals surface area contributed by atoms with Gasteiger partial charge in [0.2, 0.25) is 5.91 Å². The van der Waals surface area contributed by atoms with Gasteiger partial charge in [0.05, 0.1) is 6.10 Å². The Morgan fingerprint density at radius 3 is 3.05 bits per heavy atom. The van der Waals surface area contributed by atoms with Crippen LogP contribution in [0.5, 0.6) is 0 Å². The van der Waals surface area contributed by atoms with E-state index in [1.54, 1.807) is 10.9 Å². The van der Waals surface area contributed by atoms with E-state index in [0.29, 0.717) is 12.6 Å². The molecule has 20 heavy (non-hydrogen) atoms. The van der Waals surface area contributed by atoms with Crippen LogP contribution >= 0.6 is 0 Å². The zero-order valence-corrected chi connectivity index (χ0v) is 12.1. The van der Waals surface area contributed by atoms with Gasteiger partial charge in [0.15, 0.2) is 0 Å². The van der Waals surface area contributed by atoms with Crippen LogP contribution in [0.25, 0.3) is 0 Å². The number of hydrogen-bond donors (Lipinski definition) is 0. The normalized spacial score (nSPS) is 30.1. The van der Waals surface area contributed by atoms with Gasteiger partial charge in [-0.25, -0.2) is 0 Å². The Bertz CT molecular complexity index is 460. The van der Waals surface area contributed by atoms with Crippen LogP contribution in [0, 0.1) is 5.41 Å². The summed E-state index contributed by atoms with van der Waals surface area (Å²) >= 11 is 0. The number of nitrogens with zero attached hydrogens (tertiary/aromatic N) is 3. The molecule has 1 aromatic rings. The Hall–Kier alpha value is -1.36. The first-order valence-corrected chi connectivity index (χ1v) is 7.51. The molecule has 0 radical (unpaired) electrons. The van der Waals surface area contributed by atoms with Crippen molar-refractivity contribution >= 4 is 5.91 Å². The topological polar surface area (TPSA) is 47.4 Å². The van der Waals surface area contributed by atoms with Gasteiger partial charge in [-0.1, -0.05) is 6.42 Å². The van der Waals surface area contributed by atoms with Gasteiger partial charge in [0.25, 0.3) is 0 Å². The molecule has 110 valence electrons. The monoisotopic (exact) mass is 277 g/mol. The third kappa shape index (κ3) is 2.46. The van der Waals surface area contributed by atoms with Gasteiger partial charge in [-0.2, -0.15) is 5.10 Å². The molecule has 2 heterocycles. The first kappa shape index (κ1) is 13.6. The van der Waals surface area contributed by atoms with Gasteiger partial charge >= 0.3 is 0 Å². The molecule has 5 nitrogen and oxygen atoms in total. The van der Waals surface area contributed by atoms with E-state index < -0.39 is 0 Å². The lowest BCUT2D eigenvalue weighted by atomic mass is 9.76. The number of rotatable bonds is 3. The molecular weight excluding hydrogens is 254 g/mol. The van der Waals surface area contributed by atoms with Gasteiger partial charge in [-0.05, 0) is 31.7 Å². The number of ether oxygens (including phenoxy) is 1. The molecule has 0 N–H and O–H groups in total. The number of piperidine rings is 1. The van der Waals surface area contributed by atoms with E-state index in [-0.39, 0.29) is 11.3 Å². The van der Waals surface area contributed by atoms with E-state index in [1.807, 2.05) is 24.3 Å². The van der Waals surface area contributed by atoms with Crippen LogP contribution in [0.2, 0.25) is 0 Å². The summed E-state index contributed by atoms with van der Waals surface area (Å²) in [4.78, 5) is 14.4. The Balaban J connectivity index is 1.67. The smallest absolute Gasteiger partial charge is 0.244 e. The lowest BCUT2D eigenvalue weighted by Crippen LogP contribution is -2.50. The van der Waals surface area contributed by atoms with Crippen LogP contribution < -0.4 is 0 Å². The van der Waals surface area contributed by atoms with E-state index >= 15 is 0 Å². The molecule has 0 aromatic carbocycles. The summed E-state index contributed by atoms with van der Waals surface area (Å²) in [5.41, 5.74) is 0.201. The average Bonchev–Trinajstić information content (AvgIpc) is 3.09. The predicted octanol–water partition coefficient (Wildman–Crippen LogP) is 1.69. The molecule has 2 fully saturated rings. The molecule has 0 unspecified atom stereocenters. The summed E-state index contributed by atoms with van der Waals surface area (Å²) in [5.74, 6) is 0.175. The van der Waals surface area contributed by atoms with E-state index in [2.05, 4.69) is 5.10 Å². The quantitative estimate of drug-likeness (QED) is 0.844. The van der Waals surface area contributed by atoms with Crippen molar-refractivity contribution < 1.29 is 9.53 Å². The number of hydrogen-bond acceptors (Lipinski definition) is 3. The zero-order chi connectivity index (χ0) is 14.0. The fourth-order valence-electron chi connectivity index (χ4n) is 3.95. The summed E-state index contributed by atoms with van der Waals surface area (Å²) in [7, 11) is 1.81. The van der Waals surface area contributed by atoms with Gasteiger partial charge in [-0.3, -0.25) is 9.48 Å². The molecule has 3 rings (SSSR count). The van der Waals surface area contributed by atoms with Crippen LogP contribution in [0.1, 0.15) is 32.1 Å². The molecule has 5 heteroatoms. The fourth-order valence-corrected chi connectivity index (χ4v) is 3.95. The Morgan fingerprint density at radius 1 is 1.45 bits per heavy atom. The summed E-state index contributed by atoms with van der Waals surface area (Å²) in [5, 5.41) is 4.12. The van der Waals surface area contributed by atoms with Crippen molar-refractivity contribution in [2.45, 2.75) is 44.8 Å². The number of aromatic nitrogens is 2. The predicted molar refractivity (Wildman–Crippen MR) is 75.1 cm³/mol. The maximum absolute atomic E-state index is 12.4. The van der Waals surface area contributed by atoms with Crippen LogP contribution in [-0.4, -0.2) is 46.9 Å². The van der Waals surface area contributed by atoms with Crippen molar-refractivity contribution in [1.82, 2.24) is 14.7 Å². The molecule has 1 saturated heterocycles. The molecule has 1 saturated carbocycles. The summed E-state index contributed by atoms with van der Waals surface area (Å²) < 4.78 is 7.38. The lowest BCUT2D eigenvalue weighted by molar-refractivity contribution is -0.138. The average molecular weight is 277 g/mol. The Kier molecular flexibility index (Phi) is 3.78. The second-order valence-electron chi connectivity index (χ2n) is 6.10. The van der Waals surface area contributed by atoms with Gasteiger partial charge in [0.1, 0.15) is 6.54 Å². The highest BCUT2D eigenvalue weighted by atomic mass is 16.5.